The molecule has 0 N–H and O–H groups in total. The van der Waals surface area contributed by atoms with Crippen molar-refractivity contribution in [2.45, 2.75) is 19.9 Å². The summed E-state index contributed by atoms with van der Waals surface area (Å²) in [6.07, 6.45) is 1.24. The molecule has 134 valence electrons. The van der Waals surface area contributed by atoms with Crippen LogP contribution in [-0.2, 0) is 4.74 Å². The second-order valence-electron chi connectivity index (χ2n) is 6.15. The number of aryl methyl sites for hydroxylation is 1. The third-order valence-electron chi connectivity index (χ3n) is 4.41. The van der Waals surface area contributed by atoms with Crippen molar-refractivity contribution in [3.63, 3.8) is 0 Å². The molecule has 2 aromatic heterocycles. The van der Waals surface area contributed by atoms with Gasteiger partial charge in [-0.1, -0.05) is 22.5 Å². The minimum absolute atomic E-state index is 0.223. The fourth-order valence-electron chi connectivity index (χ4n) is 3.05. The number of carbonyl (C=O) groups is 1. The van der Waals surface area contributed by atoms with Crippen LogP contribution in [0.2, 0.25) is 0 Å². The molecule has 1 fully saturated rings. The van der Waals surface area contributed by atoms with Gasteiger partial charge in [0.1, 0.15) is 6.04 Å². The Bertz CT molecular complexity index is 920. The van der Waals surface area contributed by atoms with Crippen molar-refractivity contribution in [1.29, 1.82) is 0 Å². The summed E-state index contributed by atoms with van der Waals surface area (Å²) in [5.74, 6) is 0.196. The molecule has 1 saturated heterocycles. The Labute approximate surface area is 149 Å². The molecule has 1 amide bonds. The van der Waals surface area contributed by atoms with E-state index in [0.29, 0.717) is 37.0 Å². The molecule has 9 heteroatoms. The number of aromatic nitrogens is 5. The summed E-state index contributed by atoms with van der Waals surface area (Å²) < 4.78 is 12.0. The molecule has 3 heterocycles. The Hall–Kier alpha value is -3.07. The first kappa shape index (κ1) is 16.4. The van der Waals surface area contributed by atoms with Gasteiger partial charge in [0.2, 0.25) is 6.39 Å². The van der Waals surface area contributed by atoms with Gasteiger partial charge in [-0.2, -0.15) is 4.98 Å². The summed E-state index contributed by atoms with van der Waals surface area (Å²) in [4.78, 5) is 18.8. The summed E-state index contributed by atoms with van der Waals surface area (Å²) in [5, 5.41) is 12.1. The normalized spacial score (nSPS) is 17.5. The van der Waals surface area contributed by atoms with Crippen LogP contribution in [0.1, 0.15) is 33.6 Å². The van der Waals surface area contributed by atoms with Gasteiger partial charge in [-0.05, 0) is 31.5 Å². The highest BCUT2D eigenvalue weighted by molar-refractivity contribution is 5.93. The maximum Gasteiger partial charge on any atom is 0.277 e. The van der Waals surface area contributed by atoms with Crippen molar-refractivity contribution in [3.05, 3.63) is 53.4 Å². The molecule has 0 bridgehead atoms. The molecule has 1 aromatic carbocycles. The van der Waals surface area contributed by atoms with E-state index in [1.807, 2.05) is 38.1 Å². The van der Waals surface area contributed by atoms with Crippen LogP contribution in [0.15, 0.2) is 35.2 Å². The second-order valence-corrected chi connectivity index (χ2v) is 6.15. The smallest absolute Gasteiger partial charge is 0.277 e. The van der Waals surface area contributed by atoms with Crippen LogP contribution in [0.4, 0.5) is 0 Å². The molecule has 1 atom stereocenters. The van der Waals surface area contributed by atoms with Crippen molar-refractivity contribution >= 4 is 5.91 Å². The van der Waals surface area contributed by atoms with Crippen LogP contribution in [-0.4, -0.2) is 55.7 Å². The molecule has 1 aliphatic heterocycles. The predicted octanol–water partition coefficient (Wildman–Crippen LogP) is 1.48. The van der Waals surface area contributed by atoms with Crippen molar-refractivity contribution in [3.8, 4) is 5.69 Å². The van der Waals surface area contributed by atoms with E-state index in [4.69, 9.17) is 9.26 Å². The van der Waals surface area contributed by atoms with Crippen LogP contribution >= 0.6 is 0 Å². The number of hydrogen-bond acceptors (Lipinski definition) is 7. The Balaban J connectivity index is 1.66. The van der Waals surface area contributed by atoms with E-state index < -0.39 is 6.04 Å². The van der Waals surface area contributed by atoms with Gasteiger partial charge >= 0.3 is 0 Å². The average molecular weight is 354 g/mol. The lowest BCUT2D eigenvalue weighted by atomic mass is 10.1. The molecule has 0 saturated carbocycles. The molecule has 26 heavy (non-hydrogen) atoms. The number of morpholine rings is 1. The first-order valence-corrected chi connectivity index (χ1v) is 8.29. The molecule has 0 aliphatic carbocycles. The summed E-state index contributed by atoms with van der Waals surface area (Å²) in [6, 6.07) is 7.47. The van der Waals surface area contributed by atoms with Crippen molar-refractivity contribution in [1.82, 2.24) is 30.0 Å². The van der Waals surface area contributed by atoms with Crippen LogP contribution in [0.25, 0.3) is 5.69 Å². The van der Waals surface area contributed by atoms with Gasteiger partial charge in [-0.3, -0.25) is 4.79 Å². The number of carbonyl (C=O) groups excluding carboxylic acids is 1. The maximum absolute atomic E-state index is 13.1. The van der Waals surface area contributed by atoms with Crippen molar-refractivity contribution < 1.29 is 14.1 Å². The number of nitrogens with zero attached hydrogens (tertiary/aromatic N) is 6. The molecular weight excluding hydrogens is 336 g/mol. The molecule has 4 rings (SSSR count). The van der Waals surface area contributed by atoms with Gasteiger partial charge in [0.25, 0.3) is 5.91 Å². The number of ether oxygens (including phenoxy) is 1. The number of benzene rings is 1. The molecule has 9 nitrogen and oxygen atoms in total. The Kier molecular flexibility index (Phi) is 4.21. The van der Waals surface area contributed by atoms with E-state index in [1.165, 1.54) is 6.39 Å². The quantitative estimate of drug-likeness (QED) is 0.702. The minimum atomic E-state index is -0.404. The van der Waals surface area contributed by atoms with E-state index in [2.05, 4.69) is 20.5 Å². The van der Waals surface area contributed by atoms with Crippen LogP contribution < -0.4 is 0 Å². The summed E-state index contributed by atoms with van der Waals surface area (Å²) in [5.41, 5.74) is 2.96. The third-order valence-corrected chi connectivity index (χ3v) is 4.41. The number of hydrogen-bond donors (Lipinski definition) is 0. The van der Waals surface area contributed by atoms with Crippen LogP contribution in [0, 0.1) is 13.8 Å². The van der Waals surface area contributed by atoms with E-state index in [1.54, 1.807) is 9.58 Å². The lowest BCUT2D eigenvalue weighted by Crippen LogP contribution is -2.44. The molecule has 1 unspecified atom stereocenters. The zero-order valence-electron chi connectivity index (χ0n) is 14.5. The summed E-state index contributed by atoms with van der Waals surface area (Å²) in [6.45, 7) is 5.03. The van der Waals surface area contributed by atoms with Gasteiger partial charge in [0.05, 0.1) is 24.6 Å². The SMILES string of the molecule is Cc1cccc(-n2nnc(C(=O)N3CCOCC3c3ncon3)c2C)c1. The highest BCUT2D eigenvalue weighted by atomic mass is 16.5. The Morgan fingerprint density at radius 2 is 2.19 bits per heavy atom. The van der Waals surface area contributed by atoms with Crippen LogP contribution in [0.3, 0.4) is 0 Å². The van der Waals surface area contributed by atoms with Gasteiger partial charge in [0.15, 0.2) is 11.5 Å². The first-order chi connectivity index (χ1) is 12.6. The van der Waals surface area contributed by atoms with Gasteiger partial charge in [0, 0.05) is 6.54 Å². The fraction of sp³-hybridized carbons (Fsp3) is 0.353. The zero-order valence-corrected chi connectivity index (χ0v) is 14.5. The zero-order chi connectivity index (χ0) is 18.1. The Morgan fingerprint density at radius 3 is 2.96 bits per heavy atom. The molecular formula is C17H18N6O3. The Morgan fingerprint density at radius 1 is 1.31 bits per heavy atom. The fourth-order valence-corrected chi connectivity index (χ4v) is 3.05. The molecule has 1 aliphatic rings. The van der Waals surface area contributed by atoms with E-state index in [-0.39, 0.29) is 5.91 Å². The summed E-state index contributed by atoms with van der Waals surface area (Å²) >= 11 is 0. The van der Waals surface area contributed by atoms with E-state index in [0.717, 1.165) is 11.3 Å². The van der Waals surface area contributed by atoms with E-state index >= 15 is 0 Å². The molecule has 0 spiro atoms. The first-order valence-electron chi connectivity index (χ1n) is 8.29. The maximum atomic E-state index is 13.1. The van der Waals surface area contributed by atoms with Gasteiger partial charge < -0.3 is 14.2 Å². The molecule has 3 aromatic rings. The monoisotopic (exact) mass is 354 g/mol. The van der Waals surface area contributed by atoms with Crippen molar-refractivity contribution in [2.24, 2.45) is 0 Å². The lowest BCUT2D eigenvalue weighted by Gasteiger charge is -2.33. The predicted molar refractivity (Wildman–Crippen MR) is 89.7 cm³/mol. The highest BCUT2D eigenvalue weighted by Crippen LogP contribution is 2.24. The van der Waals surface area contributed by atoms with Crippen LogP contribution in [0.5, 0.6) is 0 Å². The highest BCUT2D eigenvalue weighted by Gasteiger charge is 2.34. The van der Waals surface area contributed by atoms with Gasteiger partial charge in [-0.25, -0.2) is 4.68 Å². The number of rotatable bonds is 3. The minimum Gasteiger partial charge on any atom is -0.377 e. The standard InChI is InChI=1S/C17H18N6O3/c1-11-4-3-5-13(8-11)23-12(2)15(19-21-23)17(24)22-6-7-25-9-14(22)16-18-10-26-20-16/h3-5,8,10,14H,6-7,9H2,1-2H3. The second kappa shape index (κ2) is 6.68. The number of amides is 1. The van der Waals surface area contributed by atoms with E-state index in [9.17, 15) is 4.79 Å². The lowest BCUT2D eigenvalue weighted by molar-refractivity contribution is -0.00612. The van der Waals surface area contributed by atoms with Gasteiger partial charge in [-0.15, -0.1) is 5.10 Å². The largest absolute Gasteiger partial charge is 0.377 e. The average Bonchev–Trinajstić information content (AvgIpc) is 3.31. The topological polar surface area (TPSA) is 99.2 Å². The summed E-state index contributed by atoms with van der Waals surface area (Å²) in [7, 11) is 0. The molecule has 0 radical (unpaired) electrons. The third kappa shape index (κ3) is 2.86. The van der Waals surface area contributed by atoms with Crippen molar-refractivity contribution in [2.75, 3.05) is 19.8 Å².